The molecule has 0 fully saturated rings. The lowest BCUT2D eigenvalue weighted by molar-refractivity contribution is -0.139. The monoisotopic (exact) mass is 573 g/mol. The van der Waals surface area contributed by atoms with E-state index >= 15 is 0 Å². The number of sulfonamides is 1. The van der Waals surface area contributed by atoms with Gasteiger partial charge in [0.05, 0.1) is 10.6 Å². The summed E-state index contributed by atoms with van der Waals surface area (Å²) in [6, 6.07) is 15.7. The van der Waals surface area contributed by atoms with Gasteiger partial charge in [-0.1, -0.05) is 54.4 Å². The molecule has 39 heavy (non-hydrogen) atoms. The normalized spacial score (nSPS) is 12.1. The van der Waals surface area contributed by atoms with E-state index in [-0.39, 0.29) is 23.0 Å². The quantitative estimate of drug-likeness (QED) is 0.340. The summed E-state index contributed by atoms with van der Waals surface area (Å²) < 4.78 is 42.2. The molecule has 3 aromatic rings. The summed E-state index contributed by atoms with van der Waals surface area (Å²) in [6.45, 7) is 6.94. The zero-order valence-electron chi connectivity index (χ0n) is 22.4. The van der Waals surface area contributed by atoms with Gasteiger partial charge in [0.1, 0.15) is 18.4 Å². The number of halogens is 2. The minimum atomic E-state index is -4.19. The number of nitrogens with zero attached hydrogens (tertiary/aromatic N) is 2. The lowest BCUT2D eigenvalue weighted by atomic mass is 10.1. The van der Waals surface area contributed by atoms with E-state index in [1.165, 1.54) is 47.4 Å². The molecule has 3 rings (SSSR count). The fourth-order valence-corrected chi connectivity index (χ4v) is 5.45. The van der Waals surface area contributed by atoms with Crippen LogP contribution in [0, 0.1) is 19.7 Å². The molecule has 0 unspecified atom stereocenters. The van der Waals surface area contributed by atoms with E-state index < -0.39 is 34.3 Å². The van der Waals surface area contributed by atoms with E-state index in [2.05, 4.69) is 5.32 Å². The molecule has 0 radical (unpaired) electrons. The number of anilines is 1. The molecule has 7 nitrogen and oxygen atoms in total. The van der Waals surface area contributed by atoms with Gasteiger partial charge >= 0.3 is 0 Å². The van der Waals surface area contributed by atoms with Crippen LogP contribution in [-0.4, -0.2) is 44.3 Å². The van der Waals surface area contributed by atoms with Gasteiger partial charge in [-0.05, 0) is 74.7 Å². The highest BCUT2D eigenvalue weighted by molar-refractivity contribution is 7.92. The minimum absolute atomic E-state index is 0.0106. The van der Waals surface area contributed by atoms with Crippen molar-refractivity contribution in [3.63, 3.8) is 0 Å². The fourth-order valence-electron chi connectivity index (χ4n) is 3.87. The van der Waals surface area contributed by atoms with Crippen molar-refractivity contribution in [2.24, 2.45) is 0 Å². The summed E-state index contributed by atoms with van der Waals surface area (Å²) in [6.07, 6.45) is 0.709. The summed E-state index contributed by atoms with van der Waals surface area (Å²) in [5, 5.41) is 3.13. The molecule has 1 atom stereocenters. The maximum Gasteiger partial charge on any atom is 0.264 e. The van der Waals surface area contributed by atoms with Crippen molar-refractivity contribution in [2.75, 3.05) is 17.4 Å². The van der Waals surface area contributed by atoms with Gasteiger partial charge in [-0.2, -0.15) is 0 Å². The number of hydrogen-bond donors (Lipinski definition) is 1. The van der Waals surface area contributed by atoms with Crippen molar-refractivity contribution in [2.45, 2.75) is 51.6 Å². The second-order valence-electron chi connectivity index (χ2n) is 9.37. The van der Waals surface area contributed by atoms with Crippen molar-refractivity contribution in [1.29, 1.82) is 0 Å². The Morgan fingerprint density at radius 3 is 2.23 bits per heavy atom. The van der Waals surface area contributed by atoms with Crippen molar-refractivity contribution >= 4 is 39.1 Å². The Kier molecular flexibility index (Phi) is 10.1. The Bertz CT molecular complexity index is 1410. The second-order valence-corrected chi connectivity index (χ2v) is 11.6. The summed E-state index contributed by atoms with van der Waals surface area (Å²) >= 11 is 6.33. The van der Waals surface area contributed by atoms with E-state index in [4.69, 9.17) is 11.6 Å². The van der Waals surface area contributed by atoms with Gasteiger partial charge in [0.25, 0.3) is 10.0 Å². The first-order valence-electron chi connectivity index (χ1n) is 12.6. The van der Waals surface area contributed by atoms with Crippen molar-refractivity contribution < 1.29 is 22.4 Å². The van der Waals surface area contributed by atoms with Gasteiger partial charge in [-0.3, -0.25) is 13.9 Å². The Morgan fingerprint density at radius 1 is 1.00 bits per heavy atom. The van der Waals surface area contributed by atoms with Crippen LogP contribution in [0.25, 0.3) is 0 Å². The molecule has 0 saturated carbocycles. The molecule has 208 valence electrons. The second kappa shape index (κ2) is 13.1. The molecule has 0 aliphatic heterocycles. The first kappa shape index (κ1) is 30.1. The zero-order chi connectivity index (χ0) is 28.7. The van der Waals surface area contributed by atoms with E-state index in [1.807, 2.05) is 13.8 Å². The molecule has 0 bridgehead atoms. The van der Waals surface area contributed by atoms with Crippen molar-refractivity contribution in [3.05, 3.63) is 94.3 Å². The third-order valence-corrected chi connectivity index (χ3v) is 8.51. The number of rotatable bonds is 11. The molecule has 0 aliphatic carbocycles. The number of aryl methyl sites for hydroxylation is 2. The molecule has 1 N–H and O–H groups in total. The topological polar surface area (TPSA) is 86.8 Å². The van der Waals surface area contributed by atoms with E-state index in [0.29, 0.717) is 23.6 Å². The number of benzene rings is 3. The Morgan fingerprint density at radius 2 is 1.64 bits per heavy atom. The maximum absolute atomic E-state index is 13.8. The fraction of sp³-hybridized carbons (Fsp3) is 0.310. The molecule has 0 aliphatic rings. The van der Waals surface area contributed by atoms with Gasteiger partial charge in [-0.15, -0.1) is 0 Å². The predicted molar refractivity (Wildman–Crippen MR) is 152 cm³/mol. The number of carbonyl (C=O) groups excluding carboxylic acids is 2. The largest absolute Gasteiger partial charge is 0.354 e. The third-order valence-electron chi connectivity index (χ3n) is 6.31. The number of hydrogen-bond acceptors (Lipinski definition) is 4. The van der Waals surface area contributed by atoms with Crippen LogP contribution in [0.5, 0.6) is 0 Å². The van der Waals surface area contributed by atoms with Gasteiger partial charge in [0.2, 0.25) is 11.8 Å². The van der Waals surface area contributed by atoms with E-state index in [1.54, 1.807) is 38.1 Å². The van der Waals surface area contributed by atoms with Gasteiger partial charge < -0.3 is 10.2 Å². The molecular formula is C29H33ClFN3O4S. The van der Waals surface area contributed by atoms with Crippen LogP contribution in [0.3, 0.4) is 0 Å². The molecule has 0 heterocycles. The zero-order valence-corrected chi connectivity index (χ0v) is 24.0. The molecule has 0 spiro atoms. The molecule has 10 heteroatoms. The van der Waals surface area contributed by atoms with Crippen LogP contribution < -0.4 is 9.62 Å². The SMILES string of the molecule is CCCNC(=O)[C@@H](C)N(Cc1ccc(F)cc1)C(=O)CN(c1ccc(C)c(Cl)c1)S(=O)(=O)c1ccc(C)cc1. The lowest BCUT2D eigenvalue weighted by Gasteiger charge is -2.32. The van der Waals surface area contributed by atoms with Crippen molar-refractivity contribution in [1.82, 2.24) is 10.2 Å². The van der Waals surface area contributed by atoms with Crippen LogP contribution in [0.1, 0.15) is 37.0 Å². The highest BCUT2D eigenvalue weighted by atomic mass is 35.5. The highest BCUT2D eigenvalue weighted by Gasteiger charge is 2.32. The summed E-state index contributed by atoms with van der Waals surface area (Å²) in [7, 11) is -4.19. The van der Waals surface area contributed by atoms with Crippen molar-refractivity contribution in [3.8, 4) is 0 Å². The Hall–Kier alpha value is -3.43. The van der Waals surface area contributed by atoms with E-state index in [0.717, 1.165) is 15.4 Å². The first-order chi connectivity index (χ1) is 18.4. The predicted octanol–water partition coefficient (Wildman–Crippen LogP) is 5.23. The van der Waals surface area contributed by atoms with E-state index in [9.17, 15) is 22.4 Å². The highest BCUT2D eigenvalue weighted by Crippen LogP contribution is 2.28. The van der Waals surface area contributed by atoms with Crippen LogP contribution in [0.15, 0.2) is 71.6 Å². The third kappa shape index (κ3) is 7.58. The van der Waals surface area contributed by atoms with Crippen LogP contribution >= 0.6 is 11.6 Å². The van der Waals surface area contributed by atoms with Gasteiger partial charge in [0, 0.05) is 18.1 Å². The average Bonchev–Trinajstić information content (AvgIpc) is 2.91. The molecule has 0 aromatic heterocycles. The number of carbonyl (C=O) groups is 2. The smallest absolute Gasteiger partial charge is 0.264 e. The van der Waals surface area contributed by atoms with Gasteiger partial charge in [-0.25, -0.2) is 12.8 Å². The molecular weight excluding hydrogens is 541 g/mol. The summed E-state index contributed by atoms with van der Waals surface area (Å²) in [5.41, 5.74) is 2.43. The Labute approximate surface area is 234 Å². The summed E-state index contributed by atoms with van der Waals surface area (Å²) in [5.74, 6) is -1.42. The van der Waals surface area contributed by atoms with Crippen LogP contribution in [0.2, 0.25) is 5.02 Å². The van der Waals surface area contributed by atoms with Crippen LogP contribution in [0.4, 0.5) is 10.1 Å². The lowest BCUT2D eigenvalue weighted by Crippen LogP contribution is -2.51. The Balaban J connectivity index is 2.04. The number of amides is 2. The molecule has 0 saturated heterocycles. The minimum Gasteiger partial charge on any atom is -0.354 e. The first-order valence-corrected chi connectivity index (χ1v) is 14.4. The summed E-state index contributed by atoms with van der Waals surface area (Å²) in [4.78, 5) is 28.0. The maximum atomic E-state index is 13.8. The average molecular weight is 574 g/mol. The van der Waals surface area contributed by atoms with Gasteiger partial charge in [0.15, 0.2) is 0 Å². The van der Waals surface area contributed by atoms with Crippen LogP contribution in [-0.2, 0) is 26.2 Å². The number of nitrogens with one attached hydrogen (secondary N) is 1. The molecule has 2 amide bonds. The molecule has 3 aromatic carbocycles. The standard InChI is InChI=1S/C29H33ClFN3O4S/c1-5-16-32-29(36)22(4)33(18-23-9-11-24(31)12-10-23)28(35)19-34(25-13-8-21(3)27(30)17-25)39(37,38)26-14-6-20(2)7-15-26/h6-15,17,22H,5,16,18-19H2,1-4H3,(H,32,36)/t22-/m1/s1.